The number of carbonyl (C=O) groups is 1. The number of halogens is 1. The molecule has 1 saturated carbocycles. The zero-order valence-electron chi connectivity index (χ0n) is 17.2. The van der Waals surface area contributed by atoms with Gasteiger partial charge in [-0.1, -0.05) is 54.8 Å². The van der Waals surface area contributed by atoms with Gasteiger partial charge in [-0.05, 0) is 43.1 Å². The third-order valence-electron chi connectivity index (χ3n) is 6.68. The van der Waals surface area contributed by atoms with Crippen LogP contribution in [0.4, 0.5) is 0 Å². The maximum absolute atomic E-state index is 12.6. The molecule has 1 amide bonds. The van der Waals surface area contributed by atoms with Crippen LogP contribution in [-0.2, 0) is 7.05 Å². The summed E-state index contributed by atoms with van der Waals surface area (Å²) in [5.74, 6) is 1.31. The minimum absolute atomic E-state index is 0.124. The van der Waals surface area contributed by atoms with E-state index in [1.165, 1.54) is 37.4 Å². The third kappa shape index (κ3) is 4.84. The van der Waals surface area contributed by atoms with Crippen molar-refractivity contribution in [1.82, 2.24) is 20.0 Å². The summed E-state index contributed by atoms with van der Waals surface area (Å²) in [4.78, 5) is 15.2. The zero-order chi connectivity index (χ0) is 20.2. The van der Waals surface area contributed by atoms with E-state index in [1.54, 1.807) is 11.7 Å². The van der Waals surface area contributed by atoms with Crippen molar-refractivity contribution >= 4 is 17.5 Å². The van der Waals surface area contributed by atoms with Crippen LogP contribution in [0.2, 0.25) is 5.02 Å². The first-order chi connectivity index (χ1) is 14.1. The summed E-state index contributed by atoms with van der Waals surface area (Å²) in [6.07, 6.45) is 8.94. The van der Waals surface area contributed by atoms with Gasteiger partial charge in [0.15, 0.2) is 0 Å². The first kappa shape index (κ1) is 20.4. The molecule has 6 heteroatoms. The second kappa shape index (κ2) is 9.31. The molecule has 156 valence electrons. The van der Waals surface area contributed by atoms with E-state index in [0.717, 1.165) is 38.4 Å². The van der Waals surface area contributed by atoms with Crippen LogP contribution in [0, 0.1) is 5.92 Å². The van der Waals surface area contributed by atoms with E-state index in [4.69, 9.17) is 11.6 Å². The molecule has 29 heavy (non-hydrogen) atoms. The van der Waals surface area contributed by atoms with Crippen molar-refractivity contribution in [1.29, 1.82) is 0 Å². The molecule has 2 aliphatic rings. The van der Waals surface area contributed by atoms with Crippen LogP contribution in [-0.4, -0.2) is 46.3 Å². The van der Waals surface area contributed by atoms with Gasteiger partial charge in [0.25, 0.3) is 5.91 Å². The van der Waals surface area contributed by atoms with Gasteiger partial charge in [0.1, 0.15) is 5.69 Å². The average molecular weight is 415 g/mol. The molecular formula is C23H31ClN4O. The molecule has 1 N–H and O–H groups in total. The molecule has 0 spiro atoms. The van der Waals surface area contributed by atoms with Crippen LogP contribution in [0.25, 0.3) is 0 Å². The largest absolute Gasteiger partial charge is 0.348 e. The quantitative estimate of drug-likeness (QED) is 0.769. The van der Waals surface area contributed by atoms with Crippen LogP contribution in [0.3, 0.4) is 0 Å². The summed E-state index contributed by atoms with van der Waals surface area (Å²) >= 11 is 6.11. The molecule has 0 radical (unpaired) electrons. The number of piperidine rings is 1. The zero-order valence-corrected chi connectivity index (χ0v) is 17.9. The van der Waals surface area contributed by atoms with E-state index >= 15 is 0 Å². The van der Waals surface area contributed by atoms with E-state index in [0.29, 0.717) is 16.6 Å². The number of carbonyl (C=O) groups excluding carboxylic acids is 1. The fourth-order valence-electron chi connectivity index (χ4n) is 5.04. The number of rotatable bonds is 6. The Morgan fingerprint density at radius 2 is 1.86 bits per heavy atom. The Balaban J connectivity index is 1.33. The molecule has 1 aromatic heterocycles. The highest BCUT2D eigenvalue weighted by Gasteiger charge is 2.30. The second-order valence-electron chi connectivity index (χ2n) is 8.57. The number of nitrogens with zero attached hydrogens (tertiary/aromatic N) is 3. The summed E-state index contributed by atoms with van der Waals surface area (Å²) in [5.41, 5.74) is 1.93. The Kier molecular flexibility index (Phi) is 6.56. The molecule has 0 unspecified atom stereocenters. The summed E-state index contributed by atoms with van der Waals surface area (Å²) < 4.78 is 1.54. The van der Waals surface area contributed by atoms with E-state index in [9.17, 15) is 4.79 Å². The molecule has 1 saturated heterocycles. The molecule has 0 bridgehead atoms. The monoisotopic (exact) mass is 414 g/mol. The number of aromatic nitrogens is 2. The molecule has 5 nitrogen and oxygen atoms in total. The normalized spacial score (nSPS) is 20.1. The molecule has 2 fully saturated rings. The molecule has 4 rings (SSSR count). The fraction of sp³-hybridized carbons (Fsp3) is 0.565. The first-order valence-corrected chi connectivity index (χ1v) is 11.3. The van der Waals surface area contributed by atoms with Crippen LogP contribution in [0.5, 0.6) is 0 Å². The number of hydrogen-bond donors (Lipinski definition) is 1. The van der Waals surface area contributed by atoms with Gasteiger partial charge in [0, 0.05) is 32.7 Å². The fourth-order valence-corrected chi connectivity index (χ4v) is 5.30. The van der Waals surface area contributed by atoms with Crippen LogP contribution in [0.15, 0.2) is 36.5 Å². The van der Waals surface area contributed by atoms with E-state index in [2.05, 4.69) is 45.6 Å². The van der Waals surface area contributed by atoms with Crippen LogP contribution < -0.4 is 5.32 Å². The van der Waals surface area contributed by atoms with Crippen molar-refractivity contribution in [3.63, 3.8) is 0 Å². The number of benzene rings is 1. The highest BCUT2D eigenvalue weighted by Crippen LogP contribution is 2.38. The molecule has 1 aliphatic carbocycles. The van der Waals surface area contributed by atoms with Crippen molar-refractivity contribution in [2.75, 3.05) is 19.6 Å². The van der Waals surface area contributed by atoms with Crippen molar-refractivity contribution in [3.8, 4) is 0 Å². The summed E-state index contributed by atoms with van der Waals surface area (Å²) in [6, 6.07) is 11.2. The minimum Gasteiger partial charge on any atom is -0.348 e. The van der Waals surface area contributed by atoms with Gasteiger partial charge in [-0.25, -0.2) is 0 Å². The molecule has 1 atom stereocenters. The third-order valence-corrected chi connectivity index (χ3v) is 6.96. The predicted molar refractivity (Wildman–Crippen MR) is 116 cm³/mol. The summed E-state index contributed by atoms with van der Waals surface area (Å²) in [5, 5.41) is 7.62. The maximum atomic E-state index is 12.6. The van der Waals surface area contributed by atoms with Crippen molar-refractivity contribution < 1.29 is 4.79 Å². The lowest BCUT2D eigenvalue weighted by Gasteiger charge is -2.36. The first-order valence-electron chi connectivity index (χ1n) is 10.9. The molecule has 1 aromatic carbocycles. The topological polar surface area (TPSA) is 50.2 Å². The van der Waals surface area contributed by atoms with Gasteiger partial charge in [0.2, 0.25) is 0 Å². The average Bonchev–Trinajstić information content (AvgIpc) is 3.38. The number of amides is 1. The Hall–Kier alpha value is -1.85. The standard InChI is InChI=1S/C23H31ClN4O/c1-27-22(21(24)15-25-27)23(29)26-19-11-13-28(14-12-19)16-20(18-9-5-6-10-18)17-7-3-2-4-8-17/h2-4,7-8,15,18-20H,5-6,9-14,16H2,1H3,(H,26,29)/t20-/m1/s1. The van der Waals surface area contributed by atoms with Crippen LogP contribution in [0.1, 0.15) is 60.5 Å². The summed E-state index contributed by atoms with van der Waals surface area (Å²) in [7, 11) is 1.75. The maximum Gasteiger partial charge on any atom is 0.271 e. The van der Waals surface area contributed by atoms with Crippen LogP contribution >= 0.6 is 11.6 Å². The highest BCUT2D eigenvalue weighted by atomic mass is 35.5. The van der Waals surface area contributed by atoms with E-state index < -0.39 is 0 Å². The second-order valence-corrected chi connectivity index (χ2v) is 8.98. The van der Waals surface area contributed by atoms with Gasteiger partial charge >= 0.3 is 0 Å². The minimum atomic E-state index is -0.124. The summed E-state index contributed by atoms with van der Waals surface area (Å²) in [6.45, 7) is 3.18. The Morgan fingerprint density at radius 1 is 1.17 bits per heavy atom. The highest BCUT2D eigenvalue weighted by molar-refractivity contribution is 6.33. The lowest BCUT2D eigenvalue weighted by Crippen LogP contribution is -2.46. The number of nitrogens with one attached hydrogen (secondary N) is 1. The van der Waals surface area contributed by atoms with Crippen molar-refractivity contribution in [2.24, 2.45) is 13.0 Å². The Labute approximate surface area is 178 Å². The molecule has 2 heterocycles. The molecule has 2 aromatic rings. The van der Waals surface area contributed by atoms with E-state index in [1.807, 2.05) is 0 Å². The smallest absolute Gasteiger partial charge is 0.271 e. The van der Waals surface area contributed by atoms with Crippen molar-refractivity contribution in [3.05, 3.63) is 52.8 Å². The number of likely N-dealkylation sites (tertiary alicyclic amines) is 1. The predicted octanol–water partition coefficient (Wildman–Crippen LogP) is 4.24. The van der Waals surface area contributed by atoms with Crippen molar-refractivity contribution in [2.45, 2.75) is 50.5 Å². The van der Waals surface area contributed by atoms with Gasteiger partial charge in [-0.2, -0.15) is 5.10 Å². The van der Waals surface area contributed by atoms with E-state index in [-0.39, 0.29) is 11.9 Å². The Bertz CT molecular complexity index is 788. The van der Waals surface area contributed by atoms with Gasteiger partial charge in [0.05, 0.1) is 11.2 Å². The number of aryl methyl sites for hydroxylation is 1. The molecule has 1 aliphatic heterocycles. The molecular weight excluding hydrogens is 384 g/mol. The SMILES string of the molecule is Cn1ncc(Cl)c1C(=O)NC1CCN(C[C@H](c2ccccc2)C2CCCC2)CC1. The lowest BCUT2D eigenvalue weighted by atomic mass is 9.84. The number of hydrogen-bond acceptors (Lipinski definition) is 3. The van der Waals surface area contributed by atoms with Gasteiger partial charge < -0.3 is 10.2 Å². The van der Waals surface area contributed by atoms with Gasteiger partial charge in [-0.3, -0.25) is 9.48 Å². The Morgan fingerprint density at radius 3 is 2.48 bits per heavy atom. The lowest BCUT2D eigenvalue weighted by molar-refractivity contribution is 0.0897. The van der Waals surface area contributed by atoms with Gasteiger partial charge in [-0.15, -0.1) is 0 Å².